The number of carboxylic acids is 1. The predicted octanol–water partition coefficient (Wildman–Crippen LogP) is 2.75. The molecular weight excluding hydrogens is 272 g/mol. The van der Waals surface area contributed by atoms with Crippen LogP contribution in [0.4, 0.5) is 4.79 Å². The van der Waals surface area contributed by atoms with Crippen LogP contribution in [0, 0.1) is 5.92 Å². The van der Waals surface area contributed by atoms with E-state index in [4.69, 9.17) is 9.52 Å². The van der Waals surface area contributed by atoms with E-state index in [1.54, 1.807) is 6.07 Å². The van der Waals surface area contributed by atoms with Crippen molar-refractivity contribution in [1.29, 1.82) is 0 Å². The SMILES string of the molecule is CC1CCCC(NC(=O)NCc2ccc(C(=O)O)o2)CC1. The number of hydrogen-bond acceptors (Lipinski definition) is 3. The number of hydrogen-bond donors (Lipinski definition) is 3. The Morgan fingerprint density at radius 2 is 2.10 bits per heavy atom. The van der Waals surface area contributed by atoms with Gasteiger partial charge in [-0.25, -0.2) is 9.59 Å². The first-order valence-electron chi connectivity index (χ1n) is 7.41. The summed E-state index contributed by atoms with van der Waals surface area (Å²) in [4.78, 5) is 22.5. The van der Waals surface area contributed by atoms with Gasteiger partial charge in [0.2, 0.25) is 5.76 Å². The number of nitrogens with one attached hydrogen (secondary N) is 2. The van der Waals surface area contributed by atoms with E-state index in [1.165, 1.54) is 12.5 Å². The standard InChI is InChI=1S/C15H22N2O4/c1-10-3-2-4-11(6-5-10)17-15(20)16-9-12-7-8-13(21-12)14(18)19/h7-8,10-11H,2-6,9H2,1H3,(H,18,19)(H2,16,17,20). The lowest BCUT2D eigenvalue weighted by atomic mass is 10.0. The van der Waals surface area contributed by atoms with E-state index in [0.717, 1.165) is 31.6 Å². The average Bonchev–Trinajstić information content (AvgIpc) is 2.83. The molecule has 6 heteroatoms. The van der Waals surface area contributed by atoms with Crippen molar-refractivity contribution in [3.8, 4) is 0 Å². The van der Waals surface area contributed by atoms with E-state index < -0.39 is 5.97 Å². The fourth-order valence-corrected chi connectivity index (χ4v) is 2.62. The van der Waals surface area contributed by atoms with Crippen LogP contribution in [0.3, 0.4) is 0 Å². The number of furan rings is 1. The highest BCUT2D eigenvalue weighted by Gasteiger charge is 2.18. The minimum Gasteiger partial charge on any atom is -0.475 e. The Hall–Kier alpha value is -1.98. The van der Waals surface area contributed by atoms with Gasteiger partial charge in [-0.3, -0.25) is 0 Å². The lowest BCUT2D eigenvalue weighted by molar-refractivity contribution is 0.0660. The lowest BCUT2D eigenvalue weighted by Gasteiger charge is -2.16. The molecule has 0 aliphatic heterocycles. The van der Waals surface area contributed by atoms with Gasteiger partial charge in [0.25, 0.3) is 0 Å². The fraction of sp³-hybridized carbons (Fsp3) is 0.600. The van der Waals surface area contributed by atoms with Crippen LogP contribution in [-0.2, 0) is 6.54 Å². The van der Waals surface area contributed by atoms with Crippen molar-refractivity contribution in [2.24, 2.45) is 5.92 Å². The second-order valence-corrected chi connectivity index (χ2v) is 5.71. The van der Waals surface area contributed by atoms with E-state index >= 15 is 0 Å². The third kappa shape index (κ3) is 4.81. The van der Waals surface area contributed by atoms with Crippen molar-refractivity contribution < 1.29 is 19.1 Å². The topological polar surface area (TPSA) is 91.6 Å². The van der Waals surface area contributed by atoms with Crippen LogP contribution in [0.25, 0.3) is 0 Å². The molecule has 1 aromatic rings. The van der Waals surface area contributed by atoms with Gasteiger partial charge >= 0.3 is 12.0 Å². The minimum absolute atomic E-state index is 0.120. The average molecular weight is 294 g/mol. The van der Waals surface area contributed by atoms with Gasteiger partial charge in [-0.1, -0.05) is 19.8 Å². The summed E-state index contributed by atoms with van der Waals surface area (Å²) in [6.45, 7) is 2.43. The zero-order valence-electron chi connectivity index (χ0n) is 12.2. The van der Waals surface area contributed by atoms with Gasteiger partial charge in [0.05, 0.1) is 6.54 Å². The molecule has 1 heterocycles. The summed E-state index contributed by atoms with van der Waals surface area (Å²) < 4.78 is 5.08. The van der Waals surface area contributed by atoms with Gasteiger partial charge in [-0.15, -0.1) is 0 Å². The first-order valence-corrected chi connectivity index (χ1v) is 7.41. The van der Waals surface area contributed by atoms with Crippen LogP contribution in [0.15, 0.2) is 16.5 Å². The van der Waals surface area contributed by atoms with Crippen LogP contribution in [0.5, 0.6) is 0 Å². The normalized spacial score (nSPS) is 22.3. The smallest absolute Gasteiger partial charge is 0.371 e. The number of aromatic carboxylic acids is 1. The number of urea groups is 1. The van der Waals surface area contributed by atoms with E-state index in [1.807, 2.05) is 0 Å². The van der Waals surface area contributed by atoms with Crippen LogP contribution in [0.1, 0.15) is 55.3 Å². The maximum Gasteiger partial charge on any atom is 0.371 e. The van der Waals surface area contributed by atoms with E-state index in [-0.39, 0.29) is 24.4 Å². The summed E-state index contributed by atoms with van der Waals surface area (Å²) in [5.74, 6) is -0.0716. The number of carbonyl (C=O) groups excluding carboxylic acids is 1. The molecule has 1 aliphatic carbocycles. The molecule has 116 valence electrons. The second kappa shape index (κ2) is 7.15. The molecule has 2 amide bonds. The first kappa shape index (κ1) is 15.4. The molecule has 0 radical (unpaired) electrons. The van der Waals surface area contributed by atoms with Gasteiger partial charge < -0.3 is 20.2 Å². The summed E-state index contributed by atoms with van der Waals surface area (Å²) >= 11 is 0. The molecule has 3 N–H and O–H groups in total. The molecule has 1 saturated carbocycles. The van der Waals surface area contributed by atoms with Gasteiger partial charge in [0.1, 0.15) is 5.76 Å². The fourth-order valence-electron chi connectivity index (χ4n) is 2.62. The van der Waals surface area contributed by atoms with Crippen molar-refractivity contribution in [1.82, 2.24) is 10.6 Å². The molecule has 2 unspecified atom stereocenters. The van der Waals surface area contributed by atoms with Gasteiger partial charge in [-0.2, -0.15) is 0 Å². The summed E-state index contributed by atoms with van der Waals surface area (Å²) in [6, 6.07) is 2.92. The van der Waals surface area contributed by atoms with Crippen molar-refractivity contribution in [2.45, 2.75) is 51.6 Å². The van der Waals surface area contributed by atoms with E-state index in [2.05, 4.69) is 17.6 Å². The highest BCUT2D eigenvalue weighted by molar-refractivity contribution is 5.84. The summed E-state index contributed by atoms with van der Waals surface area (Å²) in [5.41, 5.74) is 0. The van der Waals surface area contributed by atoms with Gasteiger partial charge in [0.15, 0.2) is 0 Å². The number of carboxylic acid groups (broad SMARTS) is 1. The Kier molecular flexibility index (Phi) is 5.25. The molecule has 0 spiro atoms. The molecule has 0 aromatic carbocycles. The Bertz CT molecular complexity index is 498. The second-order valence-electron chi connectivity index (χ2n) is 5.71. The molecule has 1 aliphatic rings. The molecule has 21 heavy (non-hydrogen) atoms. The summed E-state index contributed by atoms with van der Waals surface area (Å²) in [7, 11) is 0. The summed E-state index contributed by atoms with van der Waals surface area (Å²) in [5, 5.41) is 14.4. The van der Waals surface area contributed by atoms with Gasteiger partial charge in [0, 0.05) is 6.04 Å². The first-order chi connectivity index (χ1) is 10.0. The van der Waals surface area contributed by atoms with Crippen molar-refractivity contribution in [3.63, 3.8) is 0 Å². The molecule has 0 saturated heterocycles. The third-order valence-corrected chi connectivity index (χ3v) is 3.89. The zero-order valence-corrected chi connectivity index (χ0v) is 12.2. The monoisotopic (exact) mass is 294 g/mol. The molecule has 6 nitrogen and oxygen atoms in total. The van der Waals surface area contributed by atoms with Crippen LogP contribution < -0.4 is 10.6 Å². The van der Waals surface area contributed by atoms with E-state index in [0.29, 0.717) is 5.76 Å². The molecule has 2 rings (SSSR count). The maximum atomic E-state index is 11.8. The van der Waals surface area contributed by atoms with Crippen LogP contribution >= 0.6 is 0 Å². The molecule has 1 aromatic heterocycles. The third-order valence-electron chi connectivity index (χ3n) is 3.89. The van der Waals surface area contributed by atoms with Gasteiger partial charge in [-0.05, 0) is 37.3 Å². The molecule has 1 fully saturated rings. The molecule has 0 bridgehead atoms. The molecule has 2 atom stereocenters. The highest BCUT2D eigenvalue weighted by atomic mass is 16.4. The highest BCUT2D eigenvalue weighted by Crippen LogP contribution is 2.22. The van der Waals surface area contributed by atoms with Crippen molar-refractivity contribution in [2.75, 3.05) is 0 Å². The predicted molar refractivity (Wildman–Crippen MR) is 77.1 cm³/mol. The number of amides is 2. The Labute approximate surface area is 123 Å². The quantitative estimate of drug-likeness (QED) is 0.745. The number of rotatable bonds is 4. The Balaban J connectivity index is 1.75. The zero-order chi connectivity index (χ0) is 15.2. The lowest BCUT2D eigenvalue weighted by Crippen LogP contribution is -2.41. The Morgan fingerprint density at radius 1 is 1.29 bits per heavy atom. The summed E-state index contributed by atoms with van der Waals surface area (Å²) in [6.07, 6.45) is 5.54. The number of carbonyl (C=O) groups is 2. The van der Waals surface area contributed by atoms with Crippen molar-refractivity contribution >= 4 is 12.0 Å². The Morgan fingerprint density at radius 3 is 2.81 bits per heavy atom. The van der Waals surface area contributed by atoms with Crippen molar-refractivity contribution in [3.05, 3.63) is 23.7 Å². The largest absolute Gasteiger partial charge is 0.475 e. The maximum absolute atomic E-state index is 11.8. The minimum atomic E-state index is -1.11. The van der Waals surface area contributed by atoms with E-state index in [9.17, 15) is 9.59 Å². The molecular formula is C15H22N2O4. The van der Waals surface area contributed by atoms with Crippen LogP contribution in [0.2, 0.25) is 0 Å². The van der Waals surface area contributed by atoms with Crippen LogP contribution in [-0.4, -0.2) is 23.1 Å².